The number of aryl methyl sites for hydroxylation is 11. The average molecular weight is 1870 g/mol. The van der Waals surface area contributed by atoms with Crippen molar-refractivity contribution in [2.24, 2.45) is 28.7 Å². The lowest BCUT2D eigenvalue weighted by molar-refractivity contribution is 0.147. The van der Waals surface area contributed by atoms with Gasteiger partial charge in [0.25, 0.3) is 0 Å². The molecular weight excluding hydrogens is 1720 g/mol. The van der Waals surface area contributed by atoms with Crippen LogP contribution in [-0.4, -0.2) is 146 Å². The number of hydrogen-bond donors (Lipinski definition) is 19. The van der Waals surface area contributed by atoms with E-state index in [4.69, 9.17) is 72.6 Å². The average Bonchev–Trinajstić information content (AvgIpc) is 1.77. The largest absolute Gasteiger partial charge is 0.494 e. The van der Waals surface area contributed by atoms with Crippen LogP contribution in [0.1, 0.15) is 287 Å². The number of nitrogens with one attached hydrogen (secondary N) is 1. The predicted octanol–water partition coefficient (Wildman–Crippen LogP) is 16.8. The van der Waals surface area contributed by atoms with Crippen molar-refractivity contribution in [1.82, 2.24) is 20.6 Å². The third kappa shape index (κ3) is 55.8. The Morgan fingerprint density at radius 2 is 0.512 bits per heavy atom. The molecule has 1 heterocycles. The molecule has 0 fully saturated rings. The second-order valence-corrected chi connectivity index (χ2v) is 41.6. The van der Waals surface area contributed by atoms with Gasteiger partial charge in [0.15, 0.2) is 23.4 Å². The first-order valence-corrected chi connectivity index (χ1v) is 53.5. The van der Waals surface area contributed by atoms with Gasteiger partial charge in [0.2, 0.25) is 5.82 Å². The van der Waals surface area contributed by atoms with Gasteiger partial charge in [-0.3, -0.25) is 18.3 Å². The minimum atomic E-state index is -4.47. The van der Waals surface area contributed by atoms with E-state index in [0.717, 1.165) is 118 Å². The molecule has 10 atom stereocenters. The molecule has 8 aromatic rings. The maximum atomic E-state index is 11.0. The van der Waals surface area contributed by atoms with Gasteiger partial charge in [0.1, 0.15) is 11.9 Å². The van der Waals surface area contributed by atoms with Crippen LogP contribution in [0, 0.1) is 0 Å². The van der Waals surface area contributed by atoms with E-state index in [-0.39, 0.29) is 31.7 Å². The Hall–Kier alpha value is -6.39. The number of nitrogens with zero attached hydrogens (tertiary/aromatic N) is 3. The molecule has 0 amide bonds. The smallest absolute Gasteiger partial charge is 0.353 e. The monoisotopic (exact) mass is 1870 g/mol. The summed E-state index contributed by atoms with van der Waals surface area (Å²) in [5.74, 6) is -5.55. The number of benzene rings is 7. The molecule has 8 rings (SSSR count). The van der Waals surface area contributed by atoms with E-state index in [2.05, 4.69) is 187 Å². The van der Waals surface area contributed by atoms with Crippen LogP contribution in [0.15, 0.2) is 182 Å². The van der Waals surface area contributed by atoms with Gasteiger partial charge in [-0.05, 0) is 221 Å². The van der Waals surface area contributed by atoms with Crippen LogP contribution in [0.2, 0.25) is 0 Å². The Labute approximate surface area is 768 Å². The van der Waals surface area contributed by atoms with Crippen molar-refractivity contribution < 1.29 is 87.7 Å². The van der Waals surface area contributed by atoms with Crippen LogP contribution in [0.25, 0.3) is 0 Å². The van der Waals surface area contributed by atoms with E-state index in [1.807, 2.05) is 36.4 Å². The van der Waals surface area contributed by atoms with Gasteiger partial charge >= 0.3 is 30.4 Å². The molecule has 31 heteroatoms. The van der Waals surface area contributed by atoms with E-state index in [0.29, 0.717) is 44.3 Å². The number of H-pyrrole nitrogens is 1. The van der Waals surface area contributed by atoms with Gasteiger partial charge < -0.3 is 98.1 Å². The lowest BCUT2D eigenvalue weighted by Crippen LogP contribution is -2.26. The second-order valence-electron chi connectivity index (χ2n) is 34.5. The number of aromatic nitrogens is 4. The maximum absolute atomic E-state index is 11.0. The van der Waals surface area contributed by atoms with E-state index in [1.165, 1.54) is 155 Å². The molecule has 0 spiro atoms. The van der Waals surface area contributed by atoms with E-state index in [1.54, 1.807) is 0 Å². The second kappa shape index (κ2) is 66.1. The van der Waals surface area contributed by atoms with Gasteiger partial charge in [-0.2, -0.15) is 5.21 Å². The first-order valence-electron chi connectivity index (χ1n) is 46.8. The van der Waals surface area contributed by atoms with E-state index < -0.39 is 84.0 Å². The van der Waals surface area contributed by atoms with Crippen molar-refractivity contribution in [2.45, 2.75) is 344 Å². The number of tetrazole rings is 1. The van der Waals surface area contributed by atoms with Crippen LogP contribution in [0.3, 0.4) is 0 Å². The van der Waals surface area contributed by atoms with Crippen LogP contribution in [0.4, 0.5) is 0 Å². The highest BCUT2D eigenvalue weighted by atomic mass is 31.2. The molecule has 0 aliphatic carbocycles. The van der Waals surface area contributed by atoms with Crippen LogP contribution in [0.5, 0.6) is 5.75 Å². The molecule has 0 saturated carbocycles. The molecule has 129 heavy (non-hydrogen) atoms. The van der Waals surface area contributed by atoms with Gasteiger partial charge in [-0.1, -0.05) is 286 Å². The topological polar surface area (TPSA) is 525 Å². The summed E-state index contributed by atoms with van der Waals surface area (Å²) in [6.45, 7) is 7.41. The fraction of sp³-hybridized carbons (Fsp3) is 0.561. The summed E-state index contributed by atoms with van der Waals surface area (Å²) in [5, 5.41) is 61.0. The third-order valence-corrected chi connectivity index (χ3v) is 26.7. The molecule has 722 valence electrons. The number of unbranched alkanes of at least 4 members (excludes halogenated alkanes) is 15. The summed E-state index contributed by atoms with van der Waals surface area (Å²) in [6, 6.07) is 61.1. The zero-order valence-corrected chi connectivity index (χ0v) is 80.2. The fourth-order valence-corrected chi connectivity index (χ4v) is 16.7. The minimum Gasteiger partial charge on any atom is -0.494 e. The summed E-state index contributed by atoms with van der Waals surface area (Å²) in [7, 11) is -17.9. The molecule has 7 aromatic carbocycles. The Kier molecular flexibility index (Phi) is 58.9. The highest BCUT2D eigenvalue weighted by Gasteiger charge is 2.31. The van der Waals surface area contributed by atoms with Crippen molar-refractivity contribution >= 4 is 30.4 Å². The number of hydrogen-bond acceptors (Lipinski definition) is 18. The van der Waals surface area contributed by atoms with Crippen LogP contribution < -0.4 is 33.4 Å². The van der Waals surface area contributed by atoms with Gasteiger partial charge in [0.05, 0.1) is 6.61 Å². The Morgan fingerprint density at radius 1 is 0.287 bits per heavy atom. The molecule has 24 N–H and O–H groups in total. The predicted molar refractivity (Wildman–Crippen MR) is 518 cm³/mol. The summed E-state index contributed by atoms with van der Waals surface area (Å²) in [6.07, 6.45) is 38.0. The SMILES string of the molecule is CCCCCCCCc1ccc(CCC(N)CC(O)P(=O)(O)O)cc1.CCCCCCCCc1ccc(CCC(N)CC(O)c2nn[nH]n2)cc1.CCCCCCCOc1ccc(CC[C@@H](N)CC(O)P(=O)(O)O)cc1.N[C@H](CCc1ccc(CCCCc2ccccc2)cc1)CC(O)P(=O)(O)O.N[C@H](CCc1ccc(CCCc2ccccc2)cc1)CC(O)P(=O)(O)O. The minimum absolute atomic E-state index is 0.0829. The molecule has 0 aliphatic rings. The summed E-state index contributed by atoms with van der Waals surface area (Å²) < 4.78 is 49.5. The Morgan fingerprint density at radius 3 is 0.775 bits per heavy atom. The summed E-state index contributed by atoms with van der Waals surface area (Å²) >= 11 is 0. The zero-order valence-electron chi connectivity index (χ0n) is 76.7. The lowest BCUT2D eigenvalue weighted by atomic mass is 9.99. The molecule has 0 saturated heterocycles. The van der Waals surface area contributed by atoms with Crippen molar-refractivity contribution in [2.75, 3.05) is 6.61 Å². The van der Waals surface area contributed by atoms with Crippen molar-refractivity contribution in [1.29, 1.82) is 0 Å². The zero-order chi connectivity index (χ0) is 94.7. The van der Waals surface area contributed by atoms with E-state index >= 15 is 0 Å². The van der Waals surface area contributed by atoms with Gasteiger partial charge in [0, 0.05) is 55.9 Å². The molecule has 0 bridgehead atoms. The first-order chi connectivity index (χ1) is 61.5. The molecule has 1 aromatic heterocycles. The number of nitrogens with two attached hydrogens (primary N) is 5. The normalized spacial score (nSPS) is 14.1. The van der Waals surface area contributed by atoms with Crippen molar-refractivity contribution in [3.63, 3.8) is 0 Å². The molecule has 0 aliphatic heterocycles. The Bertz CT molecular complexity index is 4220. The third-order valence-electron chi connectivity index (χ3n) is 22.8. The number of rotatable bonds is 60. The van der Waals surface area contributed by atoms with Crippen LogP contribution in [-0.2, 0) is 88.9 Å². The van der Waals surface area contributed by atoms with Gasteiger partial charge in [-0.25, -0.2) is 0 Å². The fourth-order valence-electron chi connectivity index (χ4n) is 14.5. The summed E-state index contributed by atoms with van der Waals surface area (Å²) in [4.78, 5) is 71.1. The number of aromatic amines is 1. The number of aliphatic hydroxyl groups excluding tert-OH is 5. The molecule has 7 unspecified atom stereocenters. The molecule has 27 nitrogen and oxygen atoms in total. The highest BCUT2D eigenvalue weighted by Crippen LogP contribution is 2.44. The lowest BCUT2D eigenvalue weighted by Gasteiger charge is -2.17. The van der Waals surface area contributed by atoms with Crippen LogP contribution >= 0.6 is 30.4 Å². The quantitative estimate of drug-likeness (QED) is 0.0124. The molecular formula is C98H157N9O18P4. The number of ether oxygens (including phenoxy) is 1. The molecule has 0 radical (unpaired) electrons. The first kappa shape index (κ1) is 115. The van der Waals surface area contributed by atoms with Gasteiger partial charge in [-0.15, -0.1) is 10.2 Å². The Balaban J connectivity index is 0.000000338. The van der Waals surface area contributed by atoms with Crippen molar-refractivity contribution in [3.8, 4) is 5.75 Å². The number of aliphatic hydroxyl groups is 5. The highest BCUT2D eigenvalue weighted by molar-refractivity contribution is 7.53. The summed E-state index contributed by atoms with van der Waals surface area (Å²) in [5.41, 5.74) is 43.5. The van der Waals surface area contributed by atoms with E-state index in [9.17, 15) is 43.8 Å². The standard InChI is InChI=1S/C21H30NO4P.C20H33N5O.C20H28NO4P.C19H34NO4P.C18H32NO5P/c22-20(16-21(23)27(24,25)26)15-14-19-12-10-18(11-13-19)9-5-4-8-17-6-2-1-3-7-17;1-2-3-4-5-6-7-8-16-9-11-17(12-10-16)13-14-18(21)15-19(26)20-22-24-25-23-20;21-19(15-20(22)26(23,24)25)14-13-18-11-9-17(10-12-18)8-4-7-16-5-2-1-3-6-16;1-2-3-4-5-6-7-8-16-9-11-17(12-10-16)13-14-18(20)15-19(21)25(22,23)24;1-2-3-4-5-6-13-24-17-11-8-15(9-12-17)7-10-16(19)14-18(20)25(21,22)23/h1-3,6-7,10-13,20-21,23H,4-5,8-9,14-16,22H2,(H2,24,25,26);9-12,18-19,26H,2-8,13-15,21H2,1H3,(H,22,23,24,25);1-3,5-6,9-12,19-20,22H,4,7-8,13-15,21H2,(H2,23,24,25);9-12,18-19,21H,2-8,13-15,20H2,1H3,(H2,22,23,24);8-9,11-12,16,18,20H,2-7,10,13-14,19H2,1H3,(H2,21,22,23)/t20-,21?;;19-,20?;;16-,18?/m1.1.1/s1. The van der Waals surface area contributed by atoms with Crippen molar-refractivity contribution in [3.05, 3.63) is 249 Å². The maximum Gasteiger partial charge on any atom is 0.353 e.